The number of benzene rings is 1. The third-order valence-corrected chi connectivity index (χ3v) is 2.61. The number of aryl methyl sites for hydroxylation is 2. The highest BCUT2D eigenvalue weighted by Crippen LogP contribution is 2.09. The summed E-state index contributed by atoms with van der Waals surface area (Å²) in [5.41, 5.74) is 1.38. The van der Waals surface area contributed by atoms with Gasteiger partial charge in [0.15, 0.2) is 0 Å². The van der Waals surface area contributed by atoms with E-state index in [4.69, 9.17) is 0 Å². The molecule has 0 atom stereocenters. The Morgan fingerprint density at radius 1 is 1.47 bits per heavy atom. The number of hydrogen-bond donors (Lipinski definition) is 2. The summed E-state index contributed by atoms with van der Waals surface area (Å²) in [7, 11) is 1.67. The van der Waals surface area contributed by atoms with Gasteiger partial charge in [0.1, 0.15) is 12.1 Å². The quantitative estimate of drug-likeness (QED) is 0.883. The van der Waals surface area contributed by atoms with Crippen molar-refractivity contribution in [2.75, 3.05) is 5.32 Å². The summed E-state index contributed by atoms with van der Waals surface area (Å²) in [6.45, 7) is 1.99. The van der Waals surface area contributed by atoms with Crippen LogP contribution >= 0.6 is 0 Å². The summed E-state index contributed by atoms with van der Waals surface area (Å²) in [4.78, 5) is 15.5. The van der Waals surface area contributed by atoms with Gasteiger partial charge in [0, 0.05) is 13.6 Å². The molecule has 1 aromatic carbocycles. The van der Waals surface area contributed by atoms with Gasteiger partial charge in [-0.3, -0.25) is 5.32 Å². The number of nitrogens with one attached hydrogen (secondary N) is 2. The van der Waals surface area contributed by atoms with Crippen LogP contribution < -0.4 is 10.6 Å². The number of carbonyl (C=O) groups is 1. The van der Waals surface area contributed by atoms with Gasteiger partial charge in [-0.05, 0) is 24.1 Å². The third kappa shape index (κ3) is 3.27. The maximum atomic E-state index is 13.1. The molecule has 19 heavy (non-hydrogen) atoms. The van der Waals surface area contributed by atoms with Crippen LogP contribution in [0.3, 0.4) is 0 Å². The van der Waals surface area contributed by atoms with Gasteiger partial charge in [-0.2, -0.15) is 10.1 Å². The first-order chi connectivity index (χ1) is 9.06. The summed E-state index contributed by atoms with van der Waals surface area (Å²) in [5, 5.41) is 9.04. The van der Waals surface area contributed by atoms with E-state index in [1.165, 1.54) is 17.1 Å². The zero-order valence-electron chi connectivity index (χ0n) is 10.6. The Morgan fingerprint density at radius 3 is 2.89 bits per heavy atom. The molecule has 0 aliphatic carbocycles. The lowest BCUT2D eigenvalue weighted by atomic mass is 10.1. The second-order valence-corrected chi connectivity index (χ2v) is 4.10. The van der Waals surface area contributed by atoms with Crippen molar-refractivity contribution < 1.29 is 9.18 Å². The molecule has 2 N–H and O–H groups in total. The zero-order chi connectivity index (χ0) is 13.8. The number of aromatic nitrogens is 3. The molecule has 1 heterocycles. The number of halogens is 1. The Bertz CT molecular complexity index is 596. The van der Waals surface area contributed by atoms with Crippen LogP contribution in [-0.4, -0.2) is 20.8 Å². The third-order valence-electron chi connectivity index (χ3n) is 2.61. The standard InChI is InChI=1S/C12H14FN5O/c1-8-5-9(3-4-10(8)13)6-14-12(19)17-11-15-7-16-18(11)2/h3-5,7H,6H2,1-2H3,(H2,14,15,16,17,19). The van der Waals surface area contributed by atoms with E-state index >= 15 is 0 Å². The Labute approximate surface area is 109 Å². The van der Waals surface area contributed by atoms with Crippen LogP contribution in [0.4, 0.5) is 15.1 Å². The van der Waals surface area contributed by atoms with Gasteiger partial charge >= 0.3 is 6.03 Å². The summed E-state index contributed by atoms with van der Waals surface area (Å²) in [6, 6.07) is 4.31. The van der Waals surface area contributed by atoms with E-state index in [0.717, 1.165) is 5.56 Å². The Morgan fingerprint density at radius 2 is 2.26 bits per heavy atom. The molecule has 0 aliphatic heterocycles. The lowest BCUT2D eigenvalue weighted by Crippen LogP contribution is -2.29. The molecular weight excluding hydrogens is 249 g/mol. The van der Waals surface area contributed by atoms with Crippen molar-refractivity contribution >= 4 is 12.0 Å². The van der Waals surface area contributed by atoms with Crippen LogP contribution in [0.5, 0.6) is 0 Å². The molecular formula is C12H14FN5O. The van der Waals surface area contributed by atoms with E-state index in [1.54, 1.807) is 26.1 Å². The summed E-state index contributed by atoms with van der Waals surface area (Å²) >= 11 is 0. The number of urea groups is 1. The molecule has 0 fully saturated rings. The molecule has 1 aromatic heterocycles. The molecule has 7 heteroatoms. The van der Waals surface area contributed by atoms with Crippen molar-refractivity contribution in [3.8, 4) is 0 Å². The normalized spacial score (nSPS) is 10.3. The van der Waals surface area contributed by atoms with Crippen LogP contribution in [-0.2, 0) is 13.6 Å². The van der Waals surface area contributed by atoms with E-state index < -0.39 is 6.03 Å². The van der Waals surface area contributed by atoms with Crippen LogP contribution in [0.2, 0.25) is 0 Å². The molecule has 0 saturated heterocycles. The maximum Gasteiger partial charge on any atom is 0.321 e. The zero-order valence-corrected chi connectivity index (χ0v) is 10.6. The first-order valence-corrected chi connectivity index (χ1v) is 5.70. The van der Waals surface area contributed by atoms with E-state index in [2.05, 4.69) is 20.7 Å². The fourth-order valence-electron chi connectivity index (χ4n) is 1.55. The molecule has 0 aliphatic rings. The van der Waals surface area contributed by atoms with E-state index in [0.29, 0.717) is 18.1 Å². The summed E-state index contributed by atoms with van der Waals surface area (Å²) < 4.78 is 14.5. The van der Waals surface area contributed by atoms with Crippen molar-refractivity contribution in [1.82, 2.24) is 20.1 Å². The van der Waals surface area contributed by atoms with Crippen molar-refractivity contribution in [3.05, 3.63) is 41.5 Å². The molecule has 6 nitrogen and oxygen atoms in total. The average molecular weight is 263 g/mol. The second kappa shape index (κ2) is 5.47. The largest absolute Gasteiger partial charge is 0.334 e. The predicted octanol–water partition coefficient (Wildman–Crippen LogP) is 1.58. The summed E-state index contributed by atoms with van der Waals surface area (Å²) in [5.74, 6) is 0.0973. The van der Waals surface area contributed by atoms with Gasteiger partial charge in [0.2, 0.25) is 5.95 Å². The number of hydrogen-bond acceptors (Lipinski definition) is 3. The molecule has 2 rings (SSSR count). The van der Waals surface area contributed by atoms with Gasteiger partial charge in [-0.15, -0.1) is 0 Å². The van der Waals surface area contributed by atoms with Gasteiger partial charge < -0.3 is 5.32 Å². The molecule has 2 aromatic rings. The van der Waals surface area contributed by atoms with Crippen molar-refractivity contribution in [2.45, 2.75) is 13.5 Å². The monoisotopic (exact) mass is 263 g/mol. The molecule has 0 bridgehead atoms. The van der Waals surface area contributed by atoms with Gasteiger partial charge in [0.25, 0.3) is 0 Å². The smallest absolute Gasteiger partial charge is 0.321 e. The van der Waals surface area contributed by atoms with Crippen LogP contribution in [0.15, 0.2) is 24.5 Å². The number of amides is 2. The van der Waals surface area contributed by atoms with Crippen molar-refractivity contribution in [3.63, 3.8) is 0 Å². The molecule has 0 radical (unpaired) electrons. The highest BCUT2D eigenvalue weighted by atomic mass is 19.1. The molecule has 0 spiro atoms. The molecule has 2 amide bonds. The number of anilines is 1. The minimum atomic E-state index is -0.391. The maximum absolute atomic E-state index is 13.1. The number of rotatable bonds is 3. The highest BCUT2D eigenvalue weighted by Gasteiger charge is 2.06. The predicted molar refractivity (Wildman–Crippen MR) is 68.0 cm³/mol. The second-order valence-electron chi connectivity index (χ2n) is 4.10. The van der Waals surface area contributed by atoms with Crippen LogP contribution in [0.1, 0.15) is 11.1 Å². The Balaban J connectivity index is 1.90. The molecule has 0 unspecified atom stereocenters. The summed E-state index contributed by atoms with van der Waals surface area (Å²) in [6.07, 6.45) is 1.35. The first kappa shape index (κ1) is 13.0. The fourth-order valence-corrected chi connectivity index (χ4v) is 1.55. The average Bonchev–Trinajstić information content (AvgIpc) is 2.77. The topological polar surface area (TPSA) is 71.8 Å². The van der Waals surface area contributed by atoms with Crippen LogP contribution in [0.25, 0.3) is 0 Å². The lowest BCUT2D eigenvalue weighted by Gasteiger charge is -2.07. The first-order valence-electron chi connectivity index (χ1n) is 5.70. The minimum Gasteiger partial charge on any atom is -0.334 e. The van der Waals surface area contributed by atoms with Gasteiger partial charge in [0.05, 0.1) is 0 Å². The lowest BCUT2D eigenvalue weighted by molar-refractivity contribution is 0.251. The van der Waals surface area contributed by atoms with Crippen molar-refractivity contribution in [2.24, 2.45) is 7.05 Å². The van der Waals surface area contributed by atoms with E-state index in [-0.39, 0.29) is 5.82 Å². The highest BCUT2D eigenvalue weighted by molar-refractivity contribution is 5.87. The molecule has 100 valence electrons. The van der Waals surface area contributed by atoms with Crippen LogP contribution in [0, 0.1) is 12.7 Å². The van der Waals surface area contributed by atoms with E-state index in [9.17, 15) is 9.18 Å². The van der Waals surface area contributed by atoms with E-state index in [1.807, 2.05) is 0 Å². The van der Waals surface area contributed by atoms with Gasteiger partial charge in [-0.1, -0.05) is 12.1 Å². The number of nitrogens with zero attached hydrogens (tertiary/aromatic N) is 3. The van der Waals surface area contributed by atoms with Crippen molar-refractivity contribution in [1.29, 1.82) is 0 Å². The Hall–Kier alpha value is -2.44. The number of carbonyl (C=O) groups excluding carboxylic acids is 1. The molecule has 0 saturated carbocycles. The Kier molecular flexibility index (Phi) is 3.74. The van der Waals surface area contributed by atoms with Gasteiger partial charge in [-0.25, -0.2) is 13.9 Å². The SMILES string of the molecule is Cc1cc(CNC(=O)Nc2ncnn2C)ccc1F. The fraction of sp³-hybridized carbons (Fsp3) is 0.250. The minimum absolute atomic E-state index is 0.257.